The molecule has 0 spiro atoms. The summed E-state index contributed by atoms with van der Waals surface area (Å²) in [6.07, 6.45) is -0.412. The highest BCUT2D eigenvalue weighted by atomic mass is 16.5. The topological polar surface area (TPSA) is 58.6 Å². The lowest BCUT2D eigenvalue weighted by Crippen LogP contribution is -2.40. The number of hydrogen-bond acceptors (Lipinski definition) is 3. The van der Waals surface area contributed by atoms with E-state index in [9.17, 15) is 9.90 Å². The molecule has 0 aliphatic carbocycles. The van der Waals surface area contributed by atoms with Gasteiger partial charge in [0.05, 0.1) is 6.10 Å². The normalized spacial score (nSPS) is 14.8. The molecule has 2 N–H and O–H groups in total. The highest BCUT2D eigenvalue weighted by Gasteiger charge is 2.26. The SMILES string of the molecule is COC(C)C(Nc1ccccc1C(C)(C)C)C(=O)O. The average Bonchev–Trinajstić information content (AvgIpc) is 2.34. The monoisotopic (exact) mass is 265 g/mol. The summed E-state index contributed by atoms with van der Waals surface area (Å²) in [6.45, 7) is 8.04. The first-order valence-corrected chi connectivity index (χ1v) is 6.39. The van der Waals surface area contributed by atoms with Crippen molar-refractivity contribution in [2.24, 2.45) is 0 Å². The van der Waals surface area contributed by atoms with E-state index in [1.165, 1.54) is 7.11 Å². The van der Waals surface area contributed by atoms with Gasteiger partial charge in [0.1, 0.15) is 0 Å². The molecule has 4 nitrogen and oxygen atoms in total. The van der Waals surface area contributed by atoms with Crippen molar-refractivity contribution < 1.29 is 14.6 Å². The van der Waals surface area contributed by atoms with Crippen molar-refractivity contribution in [3.8, 4) is 0 Å². The van der Waals surface area contributed by atoms with Gasteiger partial charge in [0, 0.05) is 12.8 Å². The van der Waals surface area contributed by atoms with Gasteiger partial charge in [-0.05, 0) is 24.0 Å². The first-order chi connectivity index (χ1) is 8.77. The number of rotatable bonds is 5. The molecule has 1 aromatic rings. The zero-order chi connectivity index (χ0) is 14.6. The lowest BCUT2D eigenvalue weighted by atomic mass is 9.85. The third kappa shape index (κ3) is 3.96. The third-order valence-corrected chi connectivity index (χ3v) is 3.15. The summed E-state index contributed by atoms with van der Waals surface area (Å²) in [5, 5.41) is 12.4. The molecule has 2 unspecified atom stereocenters. The van der Waals surface area contributed by atoms with Crippen LogP contribution in [0.15, 0.2) is 24.3 Å². The summed E-state index contributed by atoms with van der Waals surface area (Å²) in [4.78, 5) is 11.3. The highest BCUT2D eigenvalue weighted by molar-refractivity contribution is 5.78. The molecule has 0 heterocycles. The number of benzene rings is 1. The van der Waals surface area contributed by atoms with E-state index in [4.69, 9.17) is 4.74 Å². The molecule has 1 aromatic carbocycles. The van der Waals surface area contributed by atoms with Crippen LogP contribution in [0.1, 0.15) is 33.3 Å². The van der Waals surface area contributed by atoms with Crippen LogP contribution in [0.25, 0.3) is 0 Å². The molecule has 2 atom stereocenters. The predicted octanol–water partition coefficient (Wildman–Crippen LogP) is 2.88. The summed E-state index contributed by atoms with van der Waals surface area (Å²) >= 11 is 0. The van der Waals surface area contributed by atoms with Gasteiger partial charge in [0.2, 0.25) is 0 Å². The molecule has 4 heteroatoms. The van der Waals surface area contributed by atoms with E-state index in [2.05, 4.69) is 26.1 Å². The number of hydrogen-bond donors (Lipinski definition) is 2. The molecular formula is C15H23NO3. The van der Waals surface area contributed by atoms with Gasteiger partial charge in [0.25, 0.3) is 0 Å². The number of methoxy groups -OCH3 is 1. The van der Waals surface area contributed by atoms with Crippen LogP contribution >= 0.6 is 0 Å². The van der Waals surface area contributed by atoms with Gasteiger partial charge < -0.3 is 15.2 Å². The lowest BCUT2D eigenvalue weighted by molar-refractivity contribution is -0.140. The van der Waals surface area contributed by atoms with E-state index in [0.29, 0.717) is 0 Å². The zero-order valence-corrected chi connectivity index (χ0v) is 12.2. The Labute approximate surface area is 114 Å². The molecule has 1 rings (SSSR count). The Morgan fingerprint density at radius 1 is 1.32 bits per heavy atom. The van der Waals surface area contributed by atoms with Crippen molar-refractivity contribution in [3.05, 3.63) is 29.8 Å². The lowest BCUT2D eigenvalue weighted by Gasteiger charge is -2.27. The minimum absolute atomic E-state index is 0.0526. The number of carboxylic acids is 1. The Balaban J connectivity index is 3.07. The van der Waals surface area contributed by atoms with Crippen LogP contribution in [0.4, 0.5) is 5.69 Å². The van der Waals surface area contributed by atoms with Crippen LogP contribution in [-0.2, 0) is 14.9 Å². The highest BCUT2D eigenvalue weighted by Crippen LogP contribution is 2.29. The second-order valence-electron chi connectivity index (χ2n) is 5.70. The molecule has 0 saturated heterocycles. The molecule has 0 fully saturated rings. The van der Waals surface area contributed by atoms with Gasteiger partial charge in [-0.2, -0.15) is 0 Å². The van der Waals surface area contributed by atoms with E-state index in [1.807, 2.05) is 24.3 Å². The van der Waals surface area contributed by atoms with Crippen LogP contribution in [0.3, 0.4) is 0 Å². The summed E-state index contributed by atoms with van der Waals surface area (Å²) in [7, 11) is 1.51. The van der Waals surface area contributed by atoms with E-state index in [1.54, 1.807) is 6.92 Å². The smallest absolute Gasteiger partial charge is 0.328 e. The number of nitrogens with one attached hydrogen (secondary N) is 1. The molecule has 0 aliphatic rings. The van der Waals surface area contributed by atoms with Crippen LogP contribution in [-0.4, -0.2) is 30.3 Å². The molecule has 106 valence electrons. The molecule has 0 amide bonds. The van der Waals surface area contributed by atoms with Crippen LogP contribution in [0, 0.1) is 0 Å². The first-order valence-electron chi connectivity index (χ1n) is 6.39. The van der Waals surface area contributed by atoms with Crippen LogP contribution < -0.4 is 5.32 Å². The third-order valence-electron chi connectivity index (χ3n) is 3.15. The molecule has 0 aliphatic heterocycles. The Bertz CT molecular complexity index is 437. The Kier molecular flexibility index (Phi) is 4.95. The quantitative estimate of drug-likeness (QED) is 0.859. The average molecular weight is 265 g/mol. The number of aliphatic carboxylic acids is 1. The maximum absolute atomic E-state index is 11.3. The fourth-order valence-corrected chi connectivity index (χ4v) is 1.95. The van der Waals surface area contributed by atoms with Crippen molar-refractivity contribution in [2.45, 2.75) is 45.3 Å². The largest absolute Gasteiger partial charge is 0.480 e. The fourth-order valence-electron chi connectivity index (χ4n) is 1.95. The summed E-state index contributed by atoms with van der Waals surface area (Å²) in [5.74, 6) is -0.918. The molecule has 0 saturated carbocycles. The molecule has 19 heavy (non-hydrogen) atoms. The van der Waals surface area contributed by atoms with Crippen molar-refractivity contribution in [3.63, 3.8) is 0 Å². The van der Waals surface area contributed by atoms with Gasteiger partial charge in [0.15, 0.2) is 6.04 Å². The second-order valence-corrected chi connectivity index (χ2v) is 5.70. The number of carbonyl (C=O) groups is 1. The van der Waals surface area contributed by atoms with Crippen LogP contribution in [0.2, 0.25) is 0 Å². The van der Waals surface area contributed by atoms with Crippen molar-refractivity contribution in [1.29, 1.82) is 0 Å². The summed E-state index contributed by atoms with van der Waals surface area (Å²) in [5.41, 5.74) is 1.87. The Hall–Kier alpha value is -1.55. The van der Waals surface area contributed by atoms with Gasteiger partial charge in [-0.25, -0.2) is 4.79 Å². The minimum atomic E-state index is -0.918. The van der Waals surface area contributed by atoms with Crippen molar-refractivity contribution >= 4 is 11.7 Å². The minimum Gasteiger partial charge on any atom is -0.480 e. The van der Waals surface area contributed by atoms with Gasteiger partial charge in [-0.3, -0.25) is 0 Å². The molecule has 0 aromatic heterocycles. The maximum Gasteiger partial charge on any atom is 0.328 e. The van der Waals surface area contributed by atoms with Gasteiger partial charge in [-0.15, -0.1) is 0 Å². The summed E-state index contributed by atoms with van der Waals surface area (Å²) < 4.78 is 5.13. The standard InChI is InChI=1S/C15H23NO3/c1-10(19-5)13(14(17)18)16-12-9-7-6-8-11(12)15(2,3)4/h6-10,13,16H,1-5H3,(H,17,18). The van der Waals surface area contributed by atoms with E-state index < -0.39 is 18.1 Å². The van der Waals surface area contributed by atoms with Gasteiger partial charge in [-0.1, -0.05) is 39.0 Å². The van der Waals surface area contributed by atoms with E-state index in [0.717, 1.165) is 11.3 Å². The molecular weight excluding hydrogens is 242 g/mol. The van der Waals surface area contributed by atoms with Crippen molar-refractivity contribution in [2.75, 3.05) is 12.4 Å². The Morgan fingerprint density at radius 3 is 2.37 bits per heavy atom. The predicted molar refractivity (Wildman–Crippen MR) is 76.7 cm³/mol. The van der Waals surface area contributed by atoms with Gasteiger partial charge >= 0.3 is 5.97 Å². The zero-order valence-electron chi connectivity index (χ0n) is 12.2. The summed E-state index contributed by atoms with van der Waals surface area (Å²) in [6, 6.07) is 7.00. The number of ether oxygens (including phenoxy) is 1. The number of carboxylic acid groups (broad SMARTS) is 1. The van der Waals surface area contributed by atoms with E-state index >= 15 is 0 Å². The fraction of sp³-hybridized carbons (Fsp3) is 0.533. The molecule has 0 radical (unpaired) electrons. The number of para-hydroxylation sites is 1. The number of anilines is 1. The van der Waals surface area contributed by atoms with E-state index in [-0.39, 0.29) is 5.41 Å². The molecule has 0 bridgehead atoms. The first kappa shape index (κ1) is 15.5. The maximum atomic E-state index is 11.3. The van der Waals surface area contributed by atoms with Crippen LogP contribution in [0.5, 0.6) is 0 Å². The Morgan fingerprint density at radius 2 is 1.89 bits per heavy atom. The van der Waals surface area contributed by atoms with Crippen molar-refractivity contribution in [1.82, 2.24) is 0 Å². The second kappa shape index (κ2) is 6.06.